The molecule has 0 aromatic heterocycles. The molecule has 6 nitrogen and oxygen atoms in total. The minimum Gasteiger partial charge on any atom is -0.462 e. The second-order valence-corrected chi connectivity index (χ2v) is 9.36. The van der Waals surface area contributed by atoms with E-state index in [-0.39, 0.29) is 34.7 Å². The average molecular weight is 374 g/mol. The molecule has 3 aliphatic carbocycles. The van der Waals surface area contributed by atoms with E-state index in [0.717, 1.165) is 37.8 Å². The molecule has 148 valence electrons. The van der Waals surface area contributed by atoms with Gasteiger partial charge in [-0.3, -0.25) is 9.59 Å². The second kappa shape index (κ2) is 6.35. The zero-order chi connectivity index (χ0) is 19.4. The molecule has 1 heterocycles. The lowest BCUT2D eigenvalue weighted by molar-refractivity contribution is -0.153. The Morgan fingerprint density at radius 2 is 2.11 bits per heavy atom. The summed E-state index contributed by atoms with van der Waals surface area (Å²) in [5.41, 5.74) is 1.67. The summed E-state index contributed by atoms with van der Waals surface area (Å²) >= 11 is 0. The molecule has 0 spiro atoms. The van der Waals surface area contributed by atoms with Gasteiger partial charge in [-0.25, -0.2) is 0 Å². The van der Waals surface area contributed by atoms with Gasteiger partial charge in [-0.15, -0.1) is 0 Å². The van der Waals surface area contributed by atoms with Crippen molar-refractivity contribution in [2.24, 2.45) is 33.7 Å². The average Bonchev–Trinajstić information content (AvgIpc) is 2.83. The van der Waals surface area contributed by atoms with Crippen LogP contribution in [-0.4, -0.2) is 35.4 Å². The molecule has 3 fully saturated rings. The number of oxime groups is 1. The topological polar surface area (TPSA) is 88.0 Å². The van der Waals surface area contributed by atoms with E-state index < -0.39 is 0 Å². The summed E-state index contributed by atoms with van der Waals surface area (Å²) in [5, 5.41) is 16.7. The van der Waals surface area contributed by atoms with Gasteiger partial charge in [-0.2, -0.15) is 0 Å². The lowest BCUT2D eigenvalue weighted by Gasteiger charge is -2.56. The number of ether oxygens (including phenoxy) is 1. The number of hydrogen-bond acceptors (Lipinski definition) is 5. The van der Waals surface area contributed by atoms with Crippen molar-refractivity contribution < 1.29 is 19.5 Å². The number of amides is 1. The van der Waals surface area contributed by atoms with Gasteiger partial charge in [0.15, 0.2) is 0 Å². The Kier molecular flexibility index (Phi) is 4.35. The maximum absolute atomic E-state index is 12.1. The molecule has 27 heavy (non-hydrogen) atoms. The Balaban J connectivity index is 1.74. The monoisotopic (exact) mass is 374 g/mol. The van der Waals surface area contributed by atoms with Crippen LogP contribution < -0.4 is 5.32 Å². The molecule has 6 atom stereocenters. The molecule has 0 aromatic rings. The highest BCUT2D eigenvalue weighted by atomic mass is 16.5. The molecular weight excluding hydrogens is 344 g/mol. The fourth-order valence-electron chi connectivity index (χ4n) is 6.87. The van der Waals surface area contributed by atoms with Gasteiger partial charge in [0.05, 0.1) is 5.71 Å². The molecule has 1 amide bonds. The first-order valence-electron chi connectivity index (χ1n) is 10.2. The minimum atomic E-state index is -0.235. The molecule has 3 saturated carbocycles. The summed E-state index contributed by atoms with van der Waals surface area (Å²) in [6.45, 7) is 6.56. The highest BCUT2D eigenvalue weighted by Gasteiger charge is 2.62. The Bertz CT molecular complexity index is 730. The molecule has 0 radical (unpaired) electrons. The molecule has 6 heteroatoms. The van der Waals surface area contributed by atoms with Crippen LogP contribution in [0.1, 0.15) is 59.3 Å². The first-order chi connectivity index (χ1) is 12.8. The van der Waals surface area contributed by atoms with E-state index in [4.69, 9.17) is 4.74 Å². The Morgan fingerprint density at radius 3 is 2.81 bits per heavy atom. The van der Waals surface area contributed by atoms with Crippen LogP contribution in [0.2, 0.25) is 0 Å². The predicted octanol–water partition coefficient (Wildman–Crippen LogP) is 3.05. The van der Waals surface area contributed by atoms with Crippen LogP contribution in [0.4, 0.5) is 0 Å². The zero-order valence-corrected chi connectivity index (χ0v) is 16.5. The fraction of sp³-hybridized carbons (Fsp3) is 0.762. The predicted molar refractivity (Wildman–Crippen MR) is 100 cm³/mol. The summed E-state index contributed by atoms with van der Waals surface area (Å²) in [6.07, 6.45) is 7.00. The lowest BCUT2D eigenvalue weighted by Crippen LogP contribution is -2.55. The highest BCUT2D eigenvalue weighted by Crippen LogP contribution is 2.64. The number of fused-ring (bicyclic) bond motifs is 5. The molecule has 0 bridgehead atoms. The van der Waals surface area contributed by atoms with E-state index in [9.17, 15) is 14.8 Å². The van der Waals surface area contributed by atoms with Gasteiger partial charge >= 0.3 is 5.97 Å². The standard InChI is InChI=1S/C21H30N2O4/c1-12(24)27-17-7-6-15-14-5-4-13-10-18(25)22-9-8-20(13,2)19(14)16(23-26)11-21(15,17)3/h10,14-15,17,19,26H,4-9,11H2,1-3H3,(H,22,25)/b23-16-/t14?,15-,17-,19+,20?,21?/m0/s1. The fourth-order valence-corrected chi connectivity index (χ4v) is 6.87. The van der Waals surface area contributed by atoms with Gasteiger partial charge in [0.25, 0.3) is 0 Å². The van der Waals surface area contributed by atoms with Crippen molar-refractivity contribution in [3.63, 3.8) is 0 Å². The molecule has 2 N–H and O–H groups in total. The van der Waals surface area contributed by atoms with E-state index in [1.54, 1.807) is 6.08 Å². The van der Waals surface area contributed by atoms with Crippen LogP contribution in [0.25, 0.3) is 0 Å². The van der Waals surface area contributed by atoms with Gasteiger partial charge in [-0.05, 0) is 55.8 Å². The van der Waals surface area contributed by atoms with Crippen LogP contribution in [-0.2, 0) is 14.3 Å². The first-order valence-corrected chi connectivity index (χ1v) is 10.2. The number of allylic oxidation sites excluding steroid dienone is 1. The highest BCUT2D eigenvalue weighted by molar-refractivity contribution is 5.92. The van der Waals surface area contributed by atoms with Crippen LogP contribution in [0.3, 0.4) is 0 Å². The number of rotatable bonds is 1. The normalized spacial score (nSPS) is 45.1. The molecule has 4 rings (SSSR count). The number of hydrogen-bond donors (Lipinski definition) is 2. The van der Waals surface area contributed by atoms with Gasteiger partial charge in [-0.1, -0.05) is 24.6 Å². The van der Waals surface area contributed by atoms with E-state index >= 15 is 0 Å². The molecular formula is C21H30N2O4. The zero-order valence-electron chi connectivity index (χ0n) is 16.5. The quantitative estimate of drug-likeness (QED) is 0.419. The van der Waals surface area contributed by atoms with E-state index in [0.29, 0.717) is 24.8 Å². The summed E-state index contributed by atoms with van der Waals surface area (Å²) in [7, 11) is 0. The maximum Gasteiger partial charge on any atom is 0.302 e. The van der Waals surface area contributed by atoms with Crippen molar-refractivity contribution in [1.82, 2.24) is 5.32 Å². The van der Waals surface area contributed by atoms with Crippen molar-refractivity contribution in [1.29, 1.82) is 0 Å². The van der Waals surface area contributed by atoms with Gasteiger partial charge < -0.3 is 15.3 Å². The number of nitrogens with one attached hydrogen (secondary N) is 1. The number of carbonyl (C=O) groups excluding carboxylic acids is 2. The smallest absolute Gasteiger partial charge is 0.302 e. The van der Waals surface area contributed by atoms with Crippen molar-refractivity contribution >= 4 is 17.6 Å². The second-order valence-electron chi connectivity index (χ2n) is 9.36. The summed E-state index contributed by atoms with van der Waals surface area (Å²) in [5.74, 6) is 0.740. The Morgan fingerprint density at radius 1 is 1.33 bits per heavy atom. The van der Waals surface area contributed by atoms with E-state index in [2.05, 4.69) is 24.3 Å². The van der Waals surface area contributed by atoms with Crippen molar-refractivity contribution in [3.8, 4) is 0 Å². The van der Waals surface area contributed by atoms with Crippen LogP contribution >= 0.6 is 0 Å². The summed E-state index contributed by atoms with van der Waals surface area (Å²) < 4.78 is 5.68. The van der Waals surface area contributed by atoms with Crippen molar-refractivity contribution in [3.05, 3.63) is 11.6 Å². The first kappa shape index (κ1) is 18.5. The van der Waals surface area contributed by atoms with Crippen LogP contribution in [0, 0.1) is 28.6 Å². The van der Waals surface area contributed by atoms with E-state index in [1.807, 2.05) is 0 Å². The van der Waals surface area contributed by atoms with E-state index in [1.165, 1.54) is 12.5 Å². The lowest BCUT2D eigenvalue weighted by atomic mass is 9.47. The third-order valence-corrected chi connectivity index (χ3v) is 8.04. The van der Waals surface area contributed by atoms with Gasteiger partial charge in [0.2, 0.25) is 5.91 Å². The third-order valence-electron chi connectivity index (χ3n) is 8.04. The van der Waals surface area contributed by atoms with Crippen molar-refractivity contribution in [2.45, 2.75) is 65.4 Å². The number of esters is 1. The summed E-state index contributed by atoms with van der Waals surface area (Å²) in [4.78, 5) is 23.7. The van der Waals surface area contributed by atoms with Crippen molar-refractivity contribution in [2.75, 3.05) is 6.54 Å². The SMILES string of the molecule is CC(=O)O[C@H]1CC[C@H]2C3CCC4=CC(=O)NCCC4(C)[C@H]3/C(=N\O)CC12C. The number of nitrogens with zero attached hydrogens (tertiary/aromatic N) is 1. The minimum absolute atomic E-state index is 0.00824. The maximum atomic E-state index is 12.1. The summed E-state index contributed by atoms with van der Waals surface area (Å²) in [6, 6.07) is 0. The van der Waals surface area contributed by atoms with Crippen LogP contribution in [0.15, 0.2) is 16.8 Å². The Hall–Kier alpha value is -1.85. The molecule has 3 unspecified atom stereocenters. The largest absolute Gasteiger partial charge is 0.462 e. The number of carbonyl (C=O) groups is 2. The third kappa shape index (κ3) is 2.71. The molecule has 0 saturated heterocycles. The Labute approximate surface area is 160 Å². The van der Waals surface area contributed by atoms with Gasteiger partial charge in [0.1, 0.15) is 6.10 Å². The van der Waals surface area contributed by atoms with Crippen LogP contribution in [0.5, 0.6) is 0 Å². The molecule has 0 aromatic carbocycles. The van der Waals surface area contributed by atoms with Gasteiger partial charge in [0, 0.05) is 30.9 Å². The molecule has 1 aliphatic heterocycles. The molecule has 4 aliphatic rings.